The second kappa shape index (κ2) is 11.1. The maximum atomic E-state index is 12.9. The summed E-state index contributed by atoms with van der Waals surface area (Å²) in [7, 11) is 5.74. The van der Waals surface area contributed by atoms with E-state index < -0.39 is 0 Å². The summed E-state index contributed by atoms with van der Waals surface area (Å²) < 4.78 is 5.47. The van der Waals surface area contributed by atoms with Crippen LogP contribution in [0.25, 0.3) is 21.8 Å². The lowest BCUT2D eigenvalue weighted by atomic mass is 10.1. The number of anilines is 2. The Balaban J connectivity index is 1.35. The van der Waals surface area contributed by atoms with Crippen LogP contribution in [0, 0.1) is 0 Å². The summed E-state index contributed by atoms with van der Waals surface area (Å²) in [5, 5.41) is 6.35. The second-order valence-corrected chi connectivity index (χ2v) is 11.0. The van der Waals surface area contributed by atoms with Gasteiger partial charge in [0, 0.05) is 60.8 Å². The standard InChI is InChI=1S/C29H31ClN4O2S/c1-33(2)21-8-5-19(6-9-21)29-34(27(35)13-16-37-29)15-4-14-31-28-23-11-7-20(30)17-26(23)32-25-12-10-22(36-3)18-24(25)28/h5-12,17-18,29H,4,13-16H2,1-3H3,(H,31,32). The summed E-state index contributed by atoms with van der Waals surface area (Å²) in [5.41, 5.74) is 5.05. The van der Waals surface area contributed by atoms with Crippen LogP contribution >= 0.6 is 23.4 Å². The van der Waals surface area contributed by atoms with E-state index in [1.807, 2.05) is 67.2 Å². The second-order valence-electron chi connectivity index (χ2n) is 9.36. The molecular formula is C29H31ClN4O2S. The molecule has 0 saturated carbocycles. The molecule has 1 aliphatic rings. The minimum atomic E-state index is 0.0476. The lowest BCUT2D eigenvalue weighted by molar-refractivity contribution is -0.132. The Morgan fingerprint density at radius 1 is 1.08 bits per heavy atom. The van der Waals surface area contributed by atoms with Crippen LogP contribution in [-0.2, 0) is 4.79 Å². The van der Waals surface area contributed by atoms with Crippen molar-refractivity contribution in [3.8, 4) is 5.75 Å². The molecule has 1 atom stereocenters. The quantitative estimate of drug-likeness (QED) is 0.203. The van der Waals surface area contributed by atoms with Gasteiger partial charge in [0.05, 0.1) is 23.8 Å². The van der Waals surface area contributed by atoms with Crippen molar-refractivity contribution in [1.29, 1.82) is 0 Å². The molecule has 0 radical (unpaired) electrons. The summed E-state index contributed by atoms with van der Waals surface area (Å²) in [6, 6.07) is 20.2. The van der Waals surface area contributed by atoms with Gasteiger partial charge in [0.25, 0.3) is 0 Å². The number of halogens is 1. The summed E-state index contributed by atoms with van der Waals surface area (Å²) in [4.78, 5) is 21.8. The van der Waals surface area contributed by atoms with Gasteiger partial charge >= 0.3 is 0 Å². The number of hydrogen-bond donors (Lipinski definition) is 1. The zero-order chi connectivity index (χ0) is 25.9. The van der Waals surface area contributed by atoms with Gasteiger partial charge in [-0.05, 0) is 60.5 Å². The van der Waals surface area contributed by atoms with Crippen LogP contribution in [0.1, 0.15) is 23.8 Å². The number of amides is 1. The Labute approximate surface area is 226 Å². The summed E-state index contributed by atoms with van der Waals surface area (Å²) >= 11 is 8.10. The van der Waals surface area contributed by atoms with Crippen LogP contribution in [0.2, 0.25) is 5.02 Å². The topological polar surface area (TPSA) is 57.7 Å². The Morgan fingerprint density at radius 2 is 1.89 bits per heavy atom. The van der Waals surface area contributed by atoms with Crippen LogP contribution in [0.15, 0.2) is 60.7 Å². The third-order valence-electron chi connectivity index (χ3n) is 6.71. The van der Waals surface area contributed by atoms with E-state index in [2.05, 4.69) is 34.5 Å². The number of rotatable bonds is 8. The molecule has 4 aromatic rings. The molecule has 1 amide bonds. The fourth-order valence-corrected chi connectivity index (χ4v) is 6.19. The first-order chi connectivity index (χ1) is 17.9. The minimum Gasteiger partial charge on any atom is -0.497 e. The molecule has 1 unspecified atom stereocenters. The molecule has 192 valence electrons. The Hall–Kier alpha value is -3.16. The number of nitrogens with zero attached hydrogens (tertiary/aromatic N) is 3. The molecule has 3 aromatic carbocycles. The van der Waals surface area contributed by atoms with Crippen molar-refractivity contribution in [3.63, 3.8) is 0 Å². The number of aromatic nitrogens is 1. The number of fused-ring (bicyclic) bond motifs is 2. The van der Waals surface area contributed by atoms with Gasteiger partial charge < -0.3 is 19.9 Å². The van der Waals surface area contributed by atoms with Crippen LogP contribution < -0.4 is 15.0 Å². The number of benzene rings is 3. The number of carbonyl (C=O) groups excluding carboxylic acids is 1. The van der Waals surface area contributed by atoms with Gasteiger partial charge in [-0.2, -0.15) is 0 Å². The van der Waals surface area contributed by atoms with Crippen LogP contribution in [0.3, 0.4) is 0 Å². The maximum absolute atomic E-state index is 12.9. The lowest BCUT2D eigenvalue weighted by Crippen LogP contribution is -2.38. The lowest BCUT2D eigenvalue weighted by Gasteiger charge is -2.35. The van der Waals surface area contributed by atoms with E-state index in [0.717, 1.165) is 57.6 Å². The number of hydrogen-bond acceptors (Lipinski definition) is 6. The largest absolute Gasteiger partial charge is 0.497 e. The molecule has 1 N–H and O–H groups in total. The average Bonchev–Trinajstić information content (AvgIpc) is 2.90. The Morgan fingerprint density at radius 3 is 2.65 bits per heavy atom. The first-order valence-corrected chi connectivity index (χ1v) is 13.9. The van der Waals surface area contributed by atoms with E-state index in [1.54, 1.807) is 7.11 Å². The molecule has 0 spiro atoms. The Kier molecular flexibility index (Phi) is 7.63. The Bertz CT molecular complexity index is 1430. The summed E-state index contributed by atoms with van der Waals surface area (Å²) in [5.74, 6) is 1.86. The SMILES string of the molecule is COc1ccc2nc3cc(Cl)ccc3c(NCCCN3C(=O)CCSC3c3ccc(N(C)C)cc3)c2c1. The number of methoxy groups -OCH3 is 1. The van der Waals surface area contributed by atoms with Gasteiger partial charge in [-0.15, -0.1) is 11.8 Å². The minimum absolute atomic E-state index is 0.0476. The first kappa shape index (κ1) is 25.5. The van der Waals surface area contributed by atoms with E-state index in [9.17, 15) is 4.79 Å². The summed E-state index contributed by atoms with van der Waals surface area (Å²) in [6.45, 7) is 1.41. The smallest absolute Gasteiger partial charge is 0.224 e. The highest BCUT2D eigenvalue weighted by atomic mass is 35.5. The third-order valence-corrected chi connectivity index (χ3v) is 8.23. The summed E-state index contributed by atoms with van der Waals surface area (Å²) in [6.07, 6.45) is 1.41. The number of thioether (sulfide) groups is 1. The van der Waals surface area contributed by atoms with Crippen molar-refractivity contribution < 1.29 is 9.53 Å². The number of pyridine rings is 1. The van der Waals surface area contributed by atoms with Crippen molar-refractivity contribution in [1.82, 2.24) is 9.88 Å². The zero-order valence-corrected chi connectivity index (χ0v) is 22.9. The van der Waals surface area contributed by atoms with E-state index in [1.165, 1.54) is 5.56 Å². The predicted molar refractivity (Wildman–Crippen MR) is 156 cm³/mol. The fourth-order valence-electron chi connectivity index (χ4n) is 4.75. The highest BCUT2D eigenvalue weighted by Crippen LogP contribution is 2.38. The number of carbonyl (C=O) groups is 1. The molecular weight excluding hydrogens is 504 g/mol. The van der Waals surface area contributed by atoms with Crippen molar-refractivity contribution >= 4 is 62.5 Å². The highest BCUT2D eigenvalue weighted by Gasteiger charge is 2.29. The van der Waals surface area contributed by atoms with Crippen molar-refractivity contribution in [3.05, 3.63) is 71.2 Å². The van der Waals surface area contributed by atoms with E-state index in [0.29, 0.717) is 18.0 Å². The maximum Gasteiger partial charge on any atom is 0.224 e. The van der Waals surface area contributed by atoms with Gasteiger partial charge in [0.1, 0.15) is 11.1 Å². The van der Waals surface area contributed by atoms with Crippen molar-refractivity contribution in [2.24, 2.45) is 0 Å². The van der Waals surface area contributed by atoms with E-state index in [-0.39, 0.29) is 11.3 Å². The van der Waals surface area contributed by atoms with Crippen LogP contribution in [0.5, 0.6) is 5.75 Å². The third kappa shape index (κ3) is 5.43. The molecule has 8 heteroatoms. The molecule has 6 nitrogen and oxygen atoms in total. The molecule has 0 bridgehead atoms. The zero-order valence-electron chi connectivity index (χ0n) is 21.3. The molecule has 1 aliphatic heterocycles. The van der Waals surface area contributed by atoms with Crippen molar-refractivity contribution in [2.45, 2.75) is 18.2 Å². The van der Waals surface area contributed by atoms with E-state index in [4.69, 9.17) is 21.3 Å². The normalized spacial score (nSPS) is 15.8. The van der Waals surface area contributed by atoms with Gasteiger partial charge in [-0.3, -0.25) is 4.79 Å². The number of nitrogens with one attached hydrogen (secondary N) is 1. The van der Waals surface area contributed by atoms with Gasteiger partial charge in [-0.25, -0.2) is 4.98 Å². The molecule has 1 aromatic heterocycles. The van der Waals surface area contributed by atoms with Crippen LogP contribution in [-0.4, -0.2) is 55.8 Å². The molecule has 1 fully saturated rings. The van der Waals surface area contributed by atoms with Crippen molar-refractivity contribution in [2.75, 3.05) is 50.3 Å². The average molecular weight is 535 g/mol. The molecule has 37 heavy (non-hydrogen) atoms. The predicted octanol–water partition coefficient (Wildman–Crippen LogP) is 6.58. The van der Waals surface area contributed by atoms with Gasteiger partial charge in [0.15, 0.2) is 0 Å². The number of ether oxygens (including phenoxy) is 1. The monoisotopic (exact) mass is 534 g/mol. The van der Waals surface area contributed by atoms with E-state index >= 15 is 0 Å². The molecule has 1 saturated heterocycles. The highest BCUT2D eigenvalue weighted by molar-refractivity contribution is 7.99. The molecule has 0 aliphatic carbocycles. The first-order valence-electron chi connectivity index (χ1n) is 12.4. The molecule has 2 heterocycles. The molecule has 5 rings (SSSR count). The van der Waals surface area contributed by atoms with Crippen LogP contribution in [0.4, 0.5) is 11.4 Å². The fraction of sp³-hybridized carbons (Fsp3) is 0.310. The van der Waals surface area contributed by atoms with Gasteiger partial charge in [0.2, 0.25) is 5.91 Å². The van der Waals surface area contributed by atoms with Gasteiger partial charge in [-0.1, -0.05) is 23.7 Å².